The number of nitrogens with zero attached hydrogens (tertiary/aromatic N) is 2. The molecule has 1 N–H and O–H groups in total. The number of nitrogens with one attached hydrogen (secondary N) is 1. The van der Waals surface area contributed by atoms with Gasteiger partial charge in [0.25, 0.3) is 0 Å². The van der Waals surface area contributed by atoms with E-state index in [0.29, 0.717) is 17.8 Å². The van der Waals surface area contributed by atoms with Gasteiger partial charge in [-0.25, -0.2) is 4.79 Å². The van der Waals surface area contributed by atoms with Gasteiger partial charge in [0.05, 0.1) is 0 Å². The van der Waals surface area contributed by atoms with Crippen molar-refractivity contribution in [2.75, 3.05) is 7.05 Å². The maximum Gasteiger partial charge on any atom is 0.324 e. The second-order valence-corrected chi connectivity index (χ2v) is 12.2. The Morgan fingerprint density at radius 3 is 2.39 bits per heavy atom. The van der Waals surface area contributed by atoms with Crippen LogP contribution in [0.2, 0.25) is 0 Å². The average Bonchev–Trinajstić information content (AvgIpc) is 3.07. The van der Waals surface area contributed by atoms with Crippen molar-refractivity contribution in [1.82, 2.24) is 15.1 Å². The molecule has 6 nitrogen and oxygen atoms in total. The predicted molar refractivity (Wildman–Crippen MR) is 129 cm³/mol. The van der Waals surface area contributed by atoms with E-state index in [1.807, 2.05) is 39.6 Å². The second-order valence-electron chi connectivity index (χ2n) is 12.2. The molecule has 6 heteroatoms. The minimum absolute atomic E-state index is 0.00149. The first-order chi connectivity index (χ1) is 15.4. The fraction of sp³-hybridized carbons (Fsp3) is 0.815. The summed E-state index contributed by atoms with van der Waals surface area (Å²) in [6.07, 6.45) is 10.2. The largest absolute Gasteiger partial charge is 0.338 e. The van der Waals surface area contributed by atoms with Gasteiger partial charge < -0.3 is 10.2 Å². The number of urea groups is 1. The van der Waals surface area contributed by atoms with Crippen molar-refractivity contribution in [2.24, 2.45) is 34.5 Å². The van der Waals surface area contributed by atoms with Crippen molar-refractivity contribution in [1.29, 1.82) is 0 Å². The van der Waals surface area contributed by atoms with E-state index >= 15 is 0 Å². The summed E-state index contributed by atoms with van der Waals surface area (Å²) in [7, 11) is 1.95. The summed E-state index contributed by atoms with van der Waals surface area (Å²) in [5, 5.41) is 2.93. The number of rotatable bonds is 3. The van der Waals surface area contributed by atoms with Crippen molar-refractivity contribution in [2.45, 2.75) is 98.2 Å². The number of carbonyl (C=O) groups excluding carboxylic acids is 3. The predicted octanol–water partition coefficient (Wildman–Crippen LogP) is 4.60. The Bertz CT molecular complexity index is 852. The SMILES string of the molecule is CC(C)NC(=O)N(C(=O)[C@H]1CCC2C3CCC4N(C)C(=O)C=C[C@]4(C)C3CC[C@@]21C)C(C)C. The first-order valence-electron chi connectivity index (χ1n) is 13.0. The highest BCUT2D eigenvalue weighted by molar-refractivity contribution is 5.96. The normalized spacial score (nSPS) is 39.8. The summed E-state index contributed by atoms with van der Waals surface area (Å²) in [5.74, 6) is 1.65. The van der Waals surface area contributed by atoms with Crippen molar-refractivity contribution in [3.05, 3.63) is 12.2 Å². The van der Waals surface area contributed by atoms with Crippen LogP contribution in [0.4, 0.5) is 4.79 Å². The van der Waals surface area contributed by atoms with E-state index in [9.17, 15) is 14.4 Å². The van der Waals surface area contributed by atoms with Crippen LogP contribution in [0, 0.1) is 34.5 Å². The maximum atomic E-state index is 13.8. The molecule has 7 atom stereocenters. The number of hydrogen-bond acceptors (Lipinski definition) is 3. The molecule has 0 aromatic heterocycles. The van der Waals surface area contributed by atoms with Gasteiger partial charge in [0.15, 0.2) is 0 Å². The molecule has 3 fully saturated rings. The molecule has 4 amide bonds. The lowest BCUT2D eigenvalue weighted by Gasteiger charge is -2.60. The number of fused-ring (bicyclic) bond motifs is 5. The molecule has 1 heterocycles. The van der Waals surface area contributed by atoms with Crippen LogP contribution in [-0.2, 0) is 9.59 Å². The summed E-state index contributed by atoms with van der Waals surface area (Å²) in [6, 6.07) is -0.155. The lowest BCUT2D eigenvalue weighted by molar-refractivity contribution is -0.146. The van der Waals surface area contributed by atoms with Gasteiger partial charge in [0.1, 0.15) is 0 Å². The molecule has 0 aromatic rings. The Morgan fingerprint density at radius 2 is 1.76 bits per heavy atom. The quantitative estimate of drug-likeness (QED) is 0.673. The Balaban J connectivity index is 1.58. The minimum atomic E-state index is -0.265. The topological polar surface area (TPSA) is 69.7 Å². The van der Waals surface area contributed by atoms with Crippen LogP contribution in [-0.4, -0.2) is 52.8 Å². The van der Waals surface area contributed by atoms with Gasteiger partial charge in [-0.15, -0.1) is 0 Å². The van der Waals surface area contributed by atoms with Crippen LogP contribution < -0.4 is 5.32 Å². The highest BCUT2D eigenvalue weighted by atomic mass is 16.2. The van der Waals surface area contributed by atoms with Gasteiger partial charge >= 0.3 is 6.03 Å². The lowest BCUT2D eigenvalue weighted by atomic mass is 9.47. The van der Waals surface area contributed by atoms with Crippen LogP contribution in [0.5, 0.6) is 0 Å². The third kappa shape index (κ3) is 3.72. The number of imide groups is 1. The van der Waals surface area contributed by atoms with Gasteiger partial charge in [0, 0.05) is 36.5 Å². The van der Waals surface area contributed by atoms with Gasteiger partial charge in [-0.05, 0) is 95.5 Å². The van der Waals surface area contributed by atoms with E-state index in [-0.39, 0.29) is 52.7 Å². The Morgan fingerprint density at radius 1 is 1.06 bits per heavy atom. The van der Waals surface area contributed by atoms with Gasteiger partial charge in [-0.1, -0.05) is 19.9 Å². The average molecular weight is 458 g/mol. The number of amides is 4. The zero-order valence-corrected chi connectivity index (χ0v) is 21.6. The van der Waals surface area contributed by atoms with E-state index < -0.39 is 0 Å². The molecular weight excluding hydrogens is 414 g/mol. The van der Waals surface area contributed by atoms with Crippen molar-refractivity contribution >= 4 is 17.8 Å². The van der Waals surface area contributed by atoms with E-state index in [4.69, 9.17) is 0 Å². The molecule has 1 aliphatic heterocycles. The van der Waals surface area contributed by atoms with Crippen LogP contribution >= 0.6 is 0 Å². The smallest absolute Gasteiger partial charge is 0.324 e. The van der Waals surface area contributed by atoms with Crippen LogP contribution in [0.15, 0.2) is 12.2 Å². The van der Waals surface area contributed by atoms with Crippen molar-refractivity contribution < 1.29 is 14.4 Å². The molecule has 0 saturated heterocycles. The van der Waals surface area contributed by atoms with Gasteiger partial charge in [-0.2, -0.15) is 0 Å². The summed E-state index contributed by atoms with van der Waals surface area (Å²) in [4.78, 5) is 42.5. The molecule has 4 aliphatic rings. The first kappa shape index (κ1) is 24.3. The Kier molecular flexibility index (Phi) is 6.20. The monoisotopic (exact) mass is 457 g/mol. The lowest BCUT2D eigenvalue weighted by Crippen LogP contribution is -2.60. The van der Waals surface area contributed by atoms with Crippen LogP contribution in [0.25, 0.3) is 0 Å². The van der Waals surface area contributed by atoms with Crippen LogP contribution in [0.1, 0.15) is 80.1 Å². The zero-order chi connectivity index (χ0) is 24.3. The highest BCUT2D eigenvalue weighted by Gasteiger charge is 2.62. The molecule has 3 aliphatic carbocycles. The maximum absolute atomic E-state index is 13.8. The fourth-order valence-electron chi connectivity index (χ4n) is 8.22. The number of hydrogen-bond donors (Lipinski definition) is 1. The molecule has 33 heavy (non-hydrogen) atoms. The van der Waals surface area contributed by atoms with Gasteiger partial charge in [-0.3, -0.25) is 14.5 Å². The first-order valence-corrected chi connectivity index (χ1v) is 13.0. The van der Waals surface area contributed by atoms with E-state index in [2.05, 4.69) is 25.2 Å². The van der Waals surface area contributed by atoms with Crippen molar-refractivity contribution in [3.63, 3.8) is 0 Å². The number of likely N-dealkylation sites (N-methyl/N-ethyl adjacent to an activating group) is 1. The van der Waals surface area contributed by atoms with E-state index in [1.54, 1.807) is 6.08 Å². The highest BCUT2D eigenvalue weighted by Crippen LogP contribution is 2.65. The molecule has 184 valence electrons. The van der Waals surface area contributed by atoms with Gasteiger partial charge in [0.2, 0.25) is 11.8 Å². The van der Waals surface area contributed by atoms with Crippen LogP contribution in [0.3, 0.4) is 0 Å². The summed E-state index contributed by atoms with van der Waals surface area (Å²) in [6.45, 7) is 12.4. The third-order valence-electron chi connectivity index (χ3n) is 9.81. The van der Waals surface area contributed by atoms with E-state index in [1.165, 1.54) is 4.90 Å². The molecule has 3 saturated carbocycles. The molecule has 0 radical (unpaired) electrons. The molecule has 0 bridgehead atoms. The molecular formula is C27H43N3O3. The molecule has 0 aromatic carbocycles. The van der Waals surface area contributed by atoms with Crippen molar-refractivity contribution in [3.8, 4) is 0 Å². The molecule has 4 unspecified atom stereocenters. The summed E-state index contributed by atoms with van der Waals surface area (Å²) < 4.78 is 0. The molecule has 0 spiro atoms. The zero-order valence-electron chi connectivity index (χ0n) is 21.6. The summed E-state index contributed by atoms with van der Waals surface area (Å²) in [5.41, 5.74) is -0.0527. The fourth-order valence-corrected chi connectivity index (χ4v) is 8.22. The van der Waals surface area contributed by atoms with E-state index in [0.717, 1.165) is 38.5 Å². The third-order valence-corrected chi connectivity index (χ3v) is 9.81. The number of carbonyl (C=O) groups is 3. The standard InChI is InChI=1S/C27H43N3O3/c1-16(2)28-25(33)30(17(3)4)24(32)21-10-9-19-18-8-11-22-27(6,15-13-23(31)29(22)7)20(18)12-14-26(19,21)5/h13,15-22H,8-12,14H2,1-7H3,(H,28,33)/t18?,19?,20?,21-,22?,26+,27-/m1/s1. The Labute approximate surface area is 199 Å². The second kappa shape index (κ2) is 8.42. The minimum Gasteiger partial charge on any atom is -0.338 e. The Hall–Kier alpha value is -1.85. The molecule has 4 rings (SSSR count). The summed E-state index contributed by atoms with van der Waals surface area (Å²) >= 11 is 0.